The number of carbonyl (C=O) groups excluding carboxylic acids is 2. The molecular weight excluding hydrogens is 422 g/mol. The Labute approximate surface area is 184 Å². The zero-order valence-electron chi connectivity index (χ0n) is 16.8. The maximum absolute atomic E-state index is 12.5. The number of esters is 1. The highest BCUT2D eigenvalue weighted by Crippen LogP contribution is 2.37. The Hall–Kier alpha value is -4.01. The molecule has 2 aromatic carbocycles. The maximum atomic E-state index is 12.5. The summed E-state index contributed by atoms with van der Waals surface area (Å²) in [4.78, 5) is 24.2. The number of ether oxygens (including phenoxy) is 3. The van der Waals surface area contributed by atoms with Crippen LogP contribution in [-0.4, -0.2) is 32.2 Å². The second-order valence-electron chi connectivity index (χ2n) is 5.90. The number of halogens is 1. The third-order valence-electron chi connectivity index (χ3n) is 3.86. The normalized spacial score (nSPS) is 10.4. The van der Waals surface area contributed by atoms with Gasteiger partial charge in [-0.25, -0.2) is 4.79 Å². The lowest BCUT2D eigenvalue weighted by atomic mass is 10.1. The van der Waals surface area contributed by atoms with Crippen molar-refractivity contribution < 1.29 is 23.8 Å². The van der Waals surface area contributed by atoms with Crippen LogP contribution in [0.4, 0.5) is 5.69 Å². The van der Waals surface area contributed by atoms with Gasteiger partial charge in [0.2, 0.25) is 0 Å². The van der Waals surface area contributed by atoms with Crippen molar-refractivity contribution in [1.29, 1.82) is 10.5 Å². The first-order valence-corrected chi connectivity index (χ1v) is 9.38. The Morgan fingerprint density at radius 1 is 1.19 bits per heavy atom. The maximum Gasteiger partial charge on any atom is 0.338 e. The van der Waals surface area contributed by atoms with Crippen LogP contribution in [0.5, 0.6) is 11.5 Å². The fourth-order valence-electron chi connectivity index (χ4n) is 2.49. The van der Waals surface area contributed by atoms with Crippen LogP contribution in [0.1, 0.15) is 22.8 Å². The lowest BCUT2D eigenvalue weighted by molar-refractivity contribution is -0.112. The lowest BCUT2D eigenvalue weighted by Gasteiger charge is -2.11. The summed E-state index contributed by atoms with van der Waals surface area (Å²) >= 11 is 6.18. The van der Waals surface area contributed by atoms with Gasteiger partial charge in [0.1, 0.15) is 17.7 Å². The fourth-order valence-corrected chi connectivity index (χ4v) is 2.76. The molecule has 0 saturated heterocycles. The predicted molar refractivity (Wildman–Crippen MR) is 114 cm³/mol. The summed E-state index contributed by atoms with van der Waals surface area (Å²) in [5.41, 5.74) is 0.986. The molecule has 0 unspecified atom stereocenters. The Balaban J connectivity index is 2.22. The molecule has 1 N–H and O–H groups in total. The van der Waals surface area contributed by atoms with E-state index >= 15 is 0 Å². The van der Waals surface area contributed by atoms with Crippen molar-refractivity contribution in [3.63, 3.8) is 0 Å². The first-order valence-electron chi connectivity index (χ1n) is 9.01. The first-order chi connectivity index (χ1) is 14.9. The number of nitrogens with zero attached hydrogens (tertiary/aromatic N) is 2. The van der Waals surface area contributed by atoms with Gasteiger partial charge in [0, 0.05) is 5.69 Å². The molecule has 0 spiro atoms. The van der Waals surface area contributed by atoms with Gasteiger partial charge >= 0.3 is 5.97 Å². The molecule has 8 nitrogen and oxygen atoms in total. The van der Waals surface area contributed by atoms with Gasteiger partial charge in [0.15, 0.2) is 18.1 Å². The van der Waals surface area contributed by atoms with Crippen LogP contribution in [0.15, 0.2) is 42.0 Å². The minimum atomic E-state index is -0.647. The van der Waals surface area contributed by atoms with E-state index in [9.17, 15) is 14.9 Å². The molecule has 2 rings (SSSR count). The number of rotatable bonds is 8. The Morgan fingerprint density at radius 3 is 2.48 bits per heavy atom. The van der Waals surface area contributed by atoms with E-state index in [1.165, 1.54) is 49.6 Å². The summed E-state index contributed by atoms with van der Waals surface area (Å²) in [6.07, 6.45) is 1.34. The van der Waals surface area contributed by atoms with Crippen molar-refractivity contribution in [1.82, 2.24) is 0 Å². The Morgan fingerprint density at radius 2 is 1.90 bits per heavy atom. The number of nitrogens with one attached hydrogen (secondary N) is 1. The molecule has 31 heavy (non-hydrogen) atoms. The summed E-state index contributed by atoms with van der Waals surface area (Å²) in [7, 11) is 1.40. The summed E-state index contributed by atoms with van der Waals surface area (Å²) in [5, 5.41) is 20.8. The van der Waals surface area contributed by atoms with Gasteiger partial charge in [-0.05, 0) is 55.0 Å². The van der Waals surface area contributed by atoms with Crippen molar-refractivity contribution in [3.05, 3.63) is 58.1 Å². The van der Waals surface area contributed by atoms with Crippen LogP contribution in [-0.2, 0) is 9.53 Å². The average molecular weight is 440 g/mol. The van der Waals surface area contributed by atoms with E-state index in [4.69, 9.17) is 31.1 Å². The lowest BCUT2D eigenvalue weighted by Crippen LogP contribution is -2.13. The highest BCUT2D eigenvalue weighted by atomic mass is 35.5. The van der Waals surface area contributed by atoms with E-state index < -0.39 is 11.9 Å². The van der Waals surface area contributed by atoms with E-state index in [1.54, 1.807) is 6.92 Å². The van der Waals surface area contributed by atoms with Crippen LogP contribution in [0, 0.1) is 22.7 Å². The molecule has 1 amide bonds. The summed E-state index contributed by atoms with van der Waals surface area (Å²) in [6, 6.07) is 12.8. The van der Waals surface area contributed by atoms with Crippen LogP contribution in [0.2, 0.25) is 5.02 Å². The standard InChI is InChI=1S/C22H18ClN3O5/c1-3-30-22(28)15-4-6-17(7-5-15)26-21(27)16(13-25)10-14-11-18(23)20(31-9-8-24)19(12-14)29-2/h4-7,10-12H,3,9H2,1-2H3,(H,26,27)/b16-10+. The summed E-state index contributed by atoms with van der Waals surface area (Å²) in [5.74, 6) is -0.675. The number of anilines is 1. The fraction of sp³-hybridized carbons (Fsp3) is 0.182. The van der Waals surface area contributed by atoms with Crippen LogP contribution >= 0.6 is 11.6 Å². The van der Waals surface area contributed by atoms with Gasteiger partial charge in [-0.1, -0.05) is 11.6 Å². The number of amides is 1. The van der Waals surface area contributed by atoms with Gasteiger partial charge in [0.25, 0.3) is 5.91 Å². The number of benzene rings is 2. The molecule has 0 heterocycles. The molecule has 0 fully saturated rings. The number of hydrogen-bond acceptors (Lipinski definition) is 7. The van der Waals surface area contributed by atoms with Gasteiger partial charge in [-0.2, -0.15) is 10.5 Å². The molecule has 0 aliphatic carbocycles. The van der Waals surface area contributed by atoms with E-state index in [-0.39, 0.29) is 35.3 Å². The molecule has 0 aliphatic heterocycles. The molecular formula is C22H18ClN3O5. The van der Waals surface area contributed by atoms with Crippen molar-refractivity contribution in [2.75, 3.05) is 25.6 Å². The Bertz CT molecular complexity index is 1080. The zero-order valence-corrected chi connectivity index (χ0v) is 17.5. The van der Waals surface area contributed by atoms with E-state index in [0.29, 0.717) is 16.8 Å². The smallest absolute Gasteiger partial charge is 0.338 e. The molecule has 9 heteroatoms. The Kier molecular flexibility index (Phi) is 8.44. The van der Waals surface area contributed by atoms with Crippen molar-refractivity contribution in [2.24, 2.45) is 0 Å². The van der Waals surface area contributed by atoms with E-state index in [2.05, 4.69) is 5.32 Å². The highest BCUT2D eigenvalue weighted by molar-refractivity contribution is 6.32. The molecule has 0 bridgehead atoms. The van der Waals surface area contributed by atoms with Crippen LogP contribution in [0.3, 0.4) is 0 Å². The SMILES string of the molecule is CCOC(=O)c1ccc(NC(=O)/C(C#N)=C/c2cc(Cl)c(OCC#N)c(OC)c2)cc1. The minimum absolute atomic E-state index is 0.160. The van der Waals surface area contributed by atoms with Gasteiger partial charge in [-0.3, -0.25) is 4.79 Å². The average Bonchev–Trinajstić information content (AvgIpc) is 2.76. The van der Waals surface area contributed by atoms with Gasteiger partial charge in [0.05, 0.1) is 24.3 Å². The number of methoxy groups -OCH3 is 1. The van der Waals surface area contributed by atoms with Gasteiger partial charge < -0.3 is 19.5 Å². The largest absolute Gasteiger partial charge is 0.493 e. The minimum Gasteiger partial charge on any atom is -0.493 e. The monoisotopic (exact) mass is 439 g/mol. The van der Waals surface area contributed by atoms with E-state index in [0.717, 1.165) is 0 Å². The second kappa shape index (κ2) is 11.2. The number of carbonyl (C=O) groups is 2. The molecule has 0 saturated carbocycles. The van der Waals surface area contributed by atoms with Crippen molar-refractivity contribution in [3.8, 4) is 23.6 Å². The third kappa shape index (κ3) is 6.23. The third-order valence-corrected chi connectivity index (χ3v) is 4.14. The van der Waals surface area contributed by atoms with Crippen molar-refractivity contribution in [2.45, 2.75) is 6.92 Å². The van der Waals surface area contributed by atoms with Gasteiger partial charge in [-0.15, -0.1) is 0 Å². The van der Waals surface area contributed by atoms with E-state index in [1.807, 2.05) is 12.1 Å². The van der Waals surface area contributed by atoms with Crippen LogP contribution in [0.25, 0.3) is 6.08 Å². The van der Waals surface area contributed by atoms with Crippen molar-refractivity contribution >= 4 is 35.2 Å². The first kappa shape index (κ1) is 23.3. The molecule has 158 valence electrons. The van der Waals surface area contributed by atoms with Crippen LogP contribution < -0.4 is 14.8 Å². The topological polar surface area (TPSA) is 121 Å². The molecule has 0 atom stereocenters. The molecule has 2 aromatic rings. The zero-order chi connectivity index (χ0) is 22.8. The molecule has 0 aromatic heterocycles. The summed E-state index contributed by atoms with van der Waals surface area (Å²) in [6.45, 7) is 1.75. The second-order valence-corrected chi connectivity index (χ2v) is 6.31. The highest BCUT2D eigenvalue weighted by Gasteiger charge is 2.15. The quantitative estimate of drug-likeness (QED) is 0.375. The predicted octanol–water partition coefficient (Wildman–Crippen LogP) is 3.97. The summed E-state index contributed by atoms with van der Waals surface area (Å²) < 4.78 is 15.4. The molecule has 0 aliphatic rings. The number of nitriles is 2. The molecule has 0 radical (unpaired) electrons. The number of hydrogen-bond donors (Lipinski definition) is 1.